The van der Waals surface area contributed by atoms with Gasteiger partial charge in [-0.25, -0.2) is 4.98 Å². The molecule has 0 atom stereocenters. The molecule has 0 aliphatic heterocycles. The molecule has 0 aliphatic carbocycles. The number of aryl methyl sites for hydroxylation is 1. The zero-order chi connectivity index (χ0) is 12.3. The molecule has 92 valence electrons. The van der Waals surface area contributed by atoms with Crippen LogP contribution in [-0.4, -0.2) is 28.5 Å². The van der Waals surface area contributed by atoms with E-state index in [-0.39, 0.29) is 5.91 Å². The van der Waals surface area contributed by atoms with Gasteiger partial charge in [0.15, 0.2) is 0 Å². The van der Waals surface area contributed by atoms with Crippen molar-refractivity contribution >= 4 is 5.91 Å². The molecule has 0 unspecified atom stereocenters. The molecule has 0 radical (unpaired) electrons. The molecular formula is C10H16N6O. The maximum absolute atomic E-state index is 11.4. The fourth-order valence-corrected chi connectivity index (χ4v) is 1.32. The maximum atomic E-state index is 11.4. The van der Waals surface area contributed by atoms with Gasteiger partial charge in [0.1, 0.15) is 0 Å². The Balaban J connectivity index is 1.99. The van der Waals surface area contributed by atoms with E-state index in [0.717, 1.165) is 12.8 Å². The third-order valence-electron chi connectivity index (χ3n) is 2.23. The van der Waals surface area contributed by atoms with E-state index in [1.54, 1.807) is 12.5 Å². The Morgan fingerprint density at radius 1 is 1.53 bits per heavy atom. The van der Waals surface area contributed by atoms with E-state index in [1.807, 2.05) is 10.8 Å². The highest BCUT2D eigenvalue weighted by Crippen LogP contribution is 1.92. The van der Waals surface area contributed by atoms with Crippen LogP contribution in [0.3, 0.4) is 0 Å². The van der Waals surface area contributed by atoms with Gasteiger partial charge in [-0.1, -0.05) is 5.11 Å². The largest absolute Gasteiger partial charge is 0.356 e. The fourth-order valence-electron chi connectivity index (χ4n) is 1.32. The summed E-state index contributed by atoms with van der Waals surface area (Å²) in [6.45, 7) is 1.76. The van der Waals surface area contributed by atoms with Crippen molar-refractivity contribution in [2.24, 2.45) is 5.11 Å². The van der Waals surface area contributed by atoms with Gasteiger partial charge in [0.05, 0.1) is 6.33 Å². The van der Waals surface area contributed by atoms with Crippen molar-refractivity contribution < 1.29 is 4.79 Å². The Morgan fingerprint density at radius 3 is 3.12 bits per heavy atom. The fraction of sp³-hybridized carbons (Fsp3) is 0.600. The molecule has 1 N–H and O–H groups in total. The zero-order valence-electron chi connectivity index (χ0n) is 9.62. The summed E-state index contributed by atoms with van der Waals surface area (Å²) >= 11 is 0. The Labute approximate surface area is 99.5 Å². The van der Waals surface area contributed by atoms with Crippen molar-refractivity contribution in [2.45, 2.75) is 25.8 Å². The second kappa shape index (κ2) is 8.18. The third-order valence-corrected chi connectivity index (χ3v) is 2.23. The number of aromatic nitrogens is 2. The van der Waals surface area contributed by atoms with Gasteiger partial charge in [-0.3, -0.25) is 4.79 Å². The van der Waals surface area contributed by atoms with Crippen molar-refractivity contribution in [3.8, 4) is 0 Å². The molecule has 0 bridgehead atoms. The van der Waals surface area contributed by atoms with Crippen LogP contribution in [0.4, 0.5) is 0 Å². The van der Waals surface area contributed by atoms with Crippen LogP contribution in [0.5, 0.6) is 0 Å². The van der Waals surface area contributed by atoms with Crippen LogP contribution >= 0.6 is 0 Å². The summed E-state index contributed by atoms with van der Waals surface area (Å²) in [6, 6.07) is 0. The number of nitrogens with zero attached hydrogens (tertiary/aromatic N) is 5. The number of nitrogens with one attached hydrogen (secondary N) is 1. The molecule has 1 rings (SSSR count). The summed E-state index contributed by atoms with van der Waals surface area (Å²) in [5, 5.41) is 6.23. The van der Waals surface area contributed by atoms with E-state index in [2.05, 4.69) is 20.3 Å². The Bertz CT molecular complexity index is 368. The lowest BCUT2D eigenvalue weighted by atomic mass is 10.3. The van der Waals surface area contributed by atoms with Crippen LogP contribution in [-0.2, 0) is 11.3 Å². The van der Waals surface area contributed by atoms with Crippen molar-refractivity contribution in [1.29, 1.82) is 0 Å². The molecule has 0 fully saturated rings. The summed E-state index contributed by atoms with van der Waals surface area (Å²) in [5.41, 5.74) is 8.05. The third kappa shape index (κ3) is 6.21. The number of rotatable bonds is 8. The predicted octanol–water partition coefficient (Wildman–Crippen LogP) is 1.48. The summed E-state index contributed by atoms with van der Waals surface area (Å²) < 4.78 is 1.86. The first kappa shape index (κ1) is 13.1. The number of hydrogen-bond donors (Lipinski definition) is 1. The average molecular weight is 236 g/mol. The van der Waals surface area contributed by atoms with E-state index in [1.165, 1.54) is 0 Å². The molecule has 0 aliphatic rings. The normalized spacial score (nSPS) is 9.65. The summed E-state index contributed by atoms with van der Waals surface area (Å²) in [4.78, 5) is 18.0. The van der Waals surface area contributed by atoms with Crippen LogP contribution in [0.25, 0.3) is 10.4 Å². The van der Waals surface area contributed by atoms with Gasteiger partial charge in [-0.2, -0.15) is 0 Å². The average Bonchev–Trinajstić information content (AvgIpc) is 2.84. The van der Waals surface area contributed by atoms with Gasteiger partial charge in [-0.05, 0) is 18.4 Å². The van der Waals surface area contributed by atoms with Crippen LogP contribution in [0.1, 0.15) is 19.3 Å². The summed E-state index contributed by atoms with van der Waals surface area (Å²) in [7, 11) is 0. The number of azide groups is 1. The van der Waals surface area contributed by atoms with E-state index >= 15 is 0 Å². The Kier molecular flexibility index (Phi) is 6.28. The predicted molar refractivity (Wildman–Crippen MR) is 63.1 cm³/mol. The summed E-state index contributed by atoms with van der Waals surface area (Å²) in [5.74, 6) is 0.0301. The standard InChI is InChI=1S/C10H16N6O/c11-15-14-5-2-1-4-13-10(17)3-7-16-8-6-12-9-16/h6,8-9H,1-5,7H2,(H,13,17). The molecule has 0 spiro atoms. The van der Waals surface area contributed by atoms with Gasteiger partial charge in [-0.15, -0.1) is 0 Å². The zero-order valence-corrected chi connectivity index (χ0v) is 9.62. The number of hydrogen-bond acceptors (Lipinski definition) is 3. The molecule has 7 heteroatoms. The molecule has 0 aromatic carbocycles. The van der Waals surface area contributed by atoms with Crippen molar-refractivity contribution in [3.05, 3.63) is 29.2 Å². The van der Waals surface area contributed by atoms with Crippen LogP contribution in [0, 0.1) is 0 Å². The van der Waals surface area contributed by atoms with Crippen LogP contribution in [0.15, 0.2) is 23.8 Å². The van der Waals surface area contributed by atoms with Gasteiger partial charge in [0.25, 0.3) is 0 Å². The smallest absolute Gasteiger partial charge is 0.221 e. The second-order valence-electron chi connectivity index (χ2n) is 3.56. The molecule has 17 heavy (non-hydrogen) atoms. The van der Waals surface area contributed by atoms with Gasteiger partial charge < -0.3 is 9.88 Å². The topological polar surface area (TPSA) is 95.7 Å². The second-order valence-corrected chi connectivity index (χ2v) is 3.56. The number of unbranched alkanes of at least 4 members (excludes halogenated alkanes) is 1. The first-order valence-electron chi connectivity index (χ1n) is 5.56. The van der Waals surface area contributed by atoms with Crippen molar-refractivity contribution in [3.63, 3.8) is 0 Å². The Hall–Kier alpha value is -2.01. The minimum Gasteiger partial charge on any atom is -0.356 e. The SMILES string of the molecule is [N-]=[N+]=NCCCCNC(=O)CCn1ccnc1. The van der Waals surface area contributed by atoms with E-state index in [0.29, 0.717) is 26.1 Å². The van der Waals surface area contributed by atoms with Crippen molar-refractivity contribution in [1.82, 2.24) is 14.9 Å². The number of imidazole rings is 1. The molecule has 1 heterocycles. The number of amides is 1. The highest BCUT2D eigenvalue weighted by Gasteiger charge is 2.00. The first-order valence-corrected chi connectivity index (χ1v) is 5.56. The van der Waals surface area contributed by atoms with Crippen molar-refractivity contribution in [2.75, 3.05) is 13.1 Å². The molecule has 1 aromatic heterocycles. The number of carbonyl (C=O) groups excluding carboxylic acids is 1. The highest BCUT2D eigenvalue weighted by molar-refractivity contribution is 5.75. The molecular weight excluding hydrogens is 220 g/mol. The van der Waals surface area contributed by atoms with E-state index in [4.69, 9.17) is 5.53 Å². The maximum Gasteiger partial charge on any atom is 0.221 e. The van der Waals surface area contributed by atoms with Gasteiger partial charge >= 0.3 is 0 Å². The number of carbonyl (C=O) groups is 1. The minimum absolute atomic E-state index is 0.0301. The first-order chi connectivity index (χ1) is 8.33. The quantitative estimate of drug-likeness (QED) is 0.320. The van der Waals surface area contributed by atoms with Crippen LogP contribution in [0.2, 0.25) is 0 Å². The molecule has 0 saturated carbocycles. The molecule has 7 nitrogen and oxygen atoms in total. The lowest BCUT2D eigenvalue weighted by molar-refractivity contribution is -0.121. The highest BCUT2D eigenvalue weighted by atomic mass is 16.1. The Morgan fingerprint density at radius 2 is 2.41 bits per heavy atom. The lowest BCUT2D eigenvalue weighted by Gasteiger charge is -2.04. The van der Waals surface area contributed by atoms with Gasteiger partial charge in [0.2, 0.25) is 5.91 Å². The van der Waals surface area contributed by atoms with Crippen LogP contribution < -0.4 is 5.32 Å². The van der Waals surface area contributed by atoms with E-state index in [9.17, 15) is 4.79 Å². The van der Waals surface area contributed by atoms with Gasteiger partial charge in [0, 0.05) is 43.4 Å². The van der Waals surface area contributed by atoms with E-state index < -0.39 is 0 Å². The minimum atomic E-state index is 0.0301. The monoisotopic (exact) mass is 236 g/mol. The molecule has 0 saturated heterocycles. The molecule has 1 aromatic rings. The lowest BCUT2D eigenvalue weighted by Crippen LogP contribution is -2.25. The molecule has 1 amide bonds. The summed E-state index contributed by atoms with van der Waals surface area (Å²) in [6.07, 6.45) is 7.28.